The van der Waals surface area contributed by atoms with Crippen molar-refractivity contribution in [1.82, 2.24) is 29.7 Å². The summed E-state index contributed by atoms with van der Waals surface area (Å²) in [6, 6.07) is 3.89. The highest BCUT2D eigenvalue weighted by Gasteiger charge is 2.19. The molecular weight excluding hydrogens is 292 g/mol. The fourth-order valence-electron chi connectivity index (χ4n) is 2.63. The predicted molar refractivity (Wildman–Crippen MR) is 87.3 cm³/mol. The molecule has 0 aliphatic carbocycles. The molecule has 3 heterocycles. The van der Waals surface area contributed by atoms with E-state index in [0.717, 1.165) is 44.1 Å². The molecule has 0 atom stereocenters. The van der Waals surface area contributed by atoms with Crippen molar-refractivity contribution in [3.8, 4) is 5.82 Å². The number of nitrogens with one attached hydrogen (secondary N) is 1. The average Bonchev–Trinajstić information content (AvgIpc) is 3.15. The molecule has 7 nitrogen and oxygen atoms in total. The second kappa shape index (κ2) is 7.23. The van der Waals surface area contributed by atoms with Gasteiger partial charge in [0.05, 0.1) is 0 Å². The molecule has 0 unspecified atom stereocenters. The number of imidazole rings is 1. The van der Waals surface area contributed by atoms with Gasteiger partial charge in [0.1, 0.15) is 12.1 Å². The summed E-state index contributed by atoms with van der Waals surface area (Å²) in [4.78, 5) is 24.8. The highest BCUT2D eigenvalue weighted by Crippen LogP contribution is 2.06. The summed E-state index contributed by atoms with van der Waals surface area (Å²) in [6.45, 7) is 7.16. The first-order chi connectivity index (χ1) is 11.3. The minimum absolute atomic E-state index is 0.000519. The summed E-state index contributed by atoms with van der Waals surface area (Å²) in [6.07, 6.45) is 7.05. The van der Waals surface area contributed by atoms with E-state index in [1.807, 2.05) is 27.8 Å². The van der Waals surface area contributed by atoms with E-state index in [4.69, 9.17) is 0 Å². The lowest BCUT2D eigenvalue weighted by atomic mass is 10.3. The van der Waals surface area contributed by atoms with E-state index in [9.17, 15) is 4.79 Å². The van der Waals surface area contributed by atoms with Crippen LogP contribution in [0.4, 0.5) is 4.79 Å². The zero-order valence-electron chi connectivity index (χ0n) is 13.4. The van der Waals surface area contributed by atoms with Crippen LogP contribution in [0.25, 0.3) is 5.82 Å². The van der Waals surface area contributed by atoms with E-state index in [1.165, 1.54) is 0 Å². The predicted octanol–water partition coefficient (Wildman–Crippen LogP) is 1.11. The van der Waals surface area contributed by atoms with E-state index in [1.54, 1.807) is 18.7 Å². The van der Waals surface area contributed by atoms with Gasteiger partial charge in [-0.3, -0.25) is 4.57 Å². The number of piperazine rings is 1. The molecule has 0 aromatic carbocycles. The number of carbonyl (C=O) groups is 1. The fraction of sp³-hybridized carbons (Fsp3) is 0.438. The second-order valence-corrected chi connectivity index (χ2v) is 5.57. The maximum Gasteiger partial charge on any atom is 0.317 e. The van der Waals surface area contributed by atoms with Gasteiger partial charge in [0, 0.05) is 51.3 Å². The first-order valence-electron chi connectivity index (χ1n) is 7.94. The molecule has 0 saturated carbocycles. The molecule has 2 amide bonds. The summed E-state index contributed by atoms with van der Waals surface area (Å²) in [5.41, 5.74) is 0.981. The van der Waals surface area contributed by atoms with Gasteiger partial charge >= 0.3 is 6.03 Å². The number of nitrogens with zero attached hydrogens (tertiary/aromatic N) is 5. The van der Waals surface area contributed by atoms with Crippen molar-refractivity contribution in [2.75, 3.05) is 32.7 Å². The number of aromatic nitrogens is 3. The van der Waals surface area contributed by atoms with Gasteiger partial charge in [-0.1, -0.05) is 13.0 Å². The van der Waals surface area contributed by atoms with Crippen LogP contribution >= 0.6 is 0 Å². The van der Waals surface area contributed by atoms with Crippen molar-refractivity contribution >= 4 is 6.03 Å². The van der Waals surface area contributed by atoms with E-state index in [0.29, 0.717) is 6.54 Å². The molecule has 122 valence electrons. The molecule has 1 fully saturated rings. The van der Waals surface area contributed by atoms with Crippen LogP contribution in [-0.4, -0.2) is 63.1 Å². The fourth-order valence-corrected chi connectivity index (χ4v) is 2.63. The molecule has 0 bridgehead atoms. The molecular formula is C16H22N6O. The lowest BCUT2D eigenvalue weighted by molar-refractivity contribution is 0.142. The van der Waals surface area contributed by atoms with Crippen molar-refractivity contribution in [2.45, 2.75) is 13.5 Å². The van der Waals surface area contributed by atoms with Crippen LogP contribution in [-0.2, 0) is 6.54 Å². The number of rotatable bonds is 4. The van der Waals surface area contributed by atoms with Gasteiger partial charge in [0.25, 0.3) is 0 Å². The summed E-state index contributed by atoms with van der Waals surface area (Å²) in [7, 11) is 0. The topological polar surface area (TPSA) is 66.3 Å². The smallest absolute Gasteiger partial charge is 0.317 e. The highest BCUT2D eigenvalue weighted by molar-refractivity contribution is 5.74. The Morgan fingerprint density at radius 2 is 2.09 bits per heavy atom. The molecule has 7 heteroatoms. The SMILES string of the molecule is CCN1CCN(C(=O)NCc2ccc(-n3ccnc3)nc2)CC1. The number of amides is 2. The number of pyridine rings is 1. The summed E-state index contributed by atoms with van der Waals surface area (Å²) < 4.78 is 1.84. The van der Waals surface area contributed by atoms with E-state index in [2.05, 4.69) is 27.1 Å². The van der Waals surface area contributed by atoms with E-state index < -0.39 is 0 Å². The van der Waals surface area contributed by atoms with Crippen molar-refractivity contribution < 1.29 is 4.79 Å². The lowest BCUT2D eigenvalue weighted by Gasteiger charge is -2.34. The van der Waals surface area contributed by atoms with Gasteiger partial charge in [-0.2, -0.15) is 0 Å². The van der Waals surface area contributed by atoms with Crippen LogP contribution in [0.15, 0.2) is 37.1 Å². The van der Waals surface area contributed by atoms with Gasteiger partial charge in [-0.25, -0.2) is 14.8 Å². The Morgan fingerprint density at radius 1 is 1.26 bits per heavy atom. The maximum absolute atomic E-state index is 12.2. The summed E-state index contributed by atoms with van der Waals surface area (Å²) in [5, 5.41) is 2.97. The van der Waals surface area contributed by atoms with Crippen molar-refractivity contribution in [3.63, 3.8) is 0 Å². The molecule has 2 aromatic heterocycles. The summed E-state index contributed by atoms with van der Waals surface area (Å²) >= 11 is 0. The van der Waals surface area contributed by atoms with Crippen LogP contribution in [0.2, 0.25) is 0 Å². The van der Waals surface area contributed by atoms with Crippen LogP contribution in [0.3, 0.4) is 0 Å². The van der Waals surface area contributed by atoms with Gasteiger partial charge in [-0.15, -0.1) is 0 Å². The largest absolute Gasteiger partial charge is 0.334 e. The summed E-state index contributed by atoms with van der Waals surface area (Å²) in [5.74, 6) is 0.813. The van der Waals surface area contributed by atoms with Crippen LogP contribution < -0.4 is 5.32 Å². The molecule has 1 N–H and O–H groups in total. The Kier molecular flexibility index (Phi) is 4.87. The number of carbonyl (C=O) groups excluding carboxylic acids is 1. The number of likely N-dealkylation sites (N-methyl/N-ethyl adjacent to an activating group) is 1. The Hall–Kier alpha value is -2.41. The maximum atomic E-state index is 12.2. The zero-order valence-corrected chi connectivity index (χ0v) is 13.4. The third-order valence-electron chi connectivity index (χ3n) is 4.13. The molecule has 1 aliphatic rings. The van der Waals surface area contributed by atoms with Crippen molar-refractivity contribution in [1.29, 1.82) is 0 Å². The highest BCUT2D eigenvalue weighted by atomic mass is 16.2. The second-order valence-electron chi connectivity index (χ2n) is 5.57. The molecule has 23 heavy (non-hydrogen) atoms. The van der Waals surface area contributed by atoms with Crippen LogP contribution in [0.1, 0.15) is 12.5 Å². The molecule has 0 spiro atoms. The normalized spacial score (nSPS) is 15.6. The molecule has 3 rings (SSSR count). The minimum atomic E-state index is -0.000519. The van der Waals surface area contributed by atoms with Crippen LogP contribution in [0.5, 0.6) is 0 Å². The van der Waals surface area contributed by atoms with Gasteiger partial charge < -0.3 is 15.1 Å². The van der Waals surface area contributed by atoms with Crippen molar-refractivity contribution in [2.24, 2.45) is 0 Å². The minimum Gasteiger partial charge on any atom is -0.334 e. The third-order valence-corrected chi connectivity index (χ3v) is 4.13. The monoisotopic (exact) mass is 314 g/mol. The number of urea groups is 1. The standard InChI is InChI=1S/C16H22N6O/c1-2-20-7-9-21(10-8-20)16(23)19-12-14-3-4-15(18-11-14)22-6-5-17-13-22/h3-6,11,13H,2,7-10,12H2,1H3,(H,19,23). The molecule has 1 saturated heterocycles. The van der Waals surface area contributed by atoms with E-state index in [-0.39, 0.29) is 6.03 Å². The first kappa shape index (κ1) is 15.5. The van der Waals surface area contributed by atoms with Gasteiger partial charge in [-0.05, 0) is 18.2 Å². The molecule has 2 aromatic rings. The van der Waals surface area contributed by atoms with Crippen LogP contribution in [0, 0.1) is 0 Å². The Bertz CT molecular complexity index is 617. The number of hydrogen-bond donors (Lipinski definition) is 1. The molecule has 1 aliphatic heterocycles. The Morgan fingerprint density at radius 3 is 2.70 bits per heavy atom. The van der Waals surface area contributed by atoms with Crippen molar-refractivity contribution in [3.05, 3.63) is 42.6 Å². The van der Waals surface area contributed by atoms with Gasteiger partial charge in [0.15, 0.2) is 0 Å². The quantitative estimate of drug-likeness (QED) is 0.918. The van der Waals surface area contributed by atoms with E-state index >= 15 is 0 Å². The average molecular weight is 314 g/mol. The van der Waals surface area contributed by atoms with Gasteiger partial charge in [0.2, 0.25) is 0 Å². The third kappa shape index (κ3) is 3.87. The Balaban J connectivity index is 1.49. The zero-order chi connectivity index (χ0) is 16.1. The first-order valence-corrected chi connectivity index (χ1v) is 7.94. The Labute approximate surface area is 135 Å². The molecule has 0 radical (unpaired) electrons. The lowest BCUT2D eigenvalue weighted by Crippen LogP contribution is -2.51. The number of hydrogen-bond acceptors (Lipinski definition) is 4.